The molecular formula is C26H22INO4S. The third-order valence-electron chi connectivity index (χ3n) is 5.07. The Morgan fingerprint density at radius 2 is 1.88 bits per heavy atom. The van der Waals surface area contributed by atoms with Crippen molar-refractivity contribution < 1.29 is 19.1 Å². The maximum atomic E-state index is 12.5. The summed E-state index contributed by atoms with van der Waals surface area (Å²) in [6, 6.07) is 18.1. The number of nitrogens with zero attached hydrogens (tertiary/aromatic N) is 1. The molecule has 5 nitrogen and oxygen atoms in total. The monoisotopic (exact) mass is 571 g/mol. The SMILES string of the molecule is C=CCN1C(=O)S/C(=C/c2cc(I)c(OCc3cccc4ccccc34)c(OCC)c2)C1=O. The van der Waals surface area contributed by atoms with E-state index >= 15 is 0 Å². The molecular weight excluding hydrogens is 549 g/mol. The van der Waals surface area contributed by atoms with E-state index in [-0.39, 0.29) is 17.7 Å². The molecule has 1 saturated heterocycles. The van der Waals surface area contributed by atoms with E-state index in [9.17, 15) is 9.59 Å². The predicted molar refractivity (Wildman–Crippen MR) is 141 cm³/mol. The first kappa shape index (κ1) is 23.4. The zero-order chi connectivity index (χ0) is 23.4. The van der Waals surface area contributed by atoms with Gasteiger partial charge in [0, 0.05) is 6.54 Å². The van der Waals surface area contributed by atoms with Crippen LogP contribution in [-0.2, 0) is 11.4 Å². The fourth-order valence-corrected chi connectivity index (χ4v) is 5.21. The zero-order valence-electron chi connectivity index (χ0n) is 18.0. The highest BCUT2D eigenvalue weighted by atomic mass is 127. The van der Waals surface area contributed by atoms with Gasteiger partial charge in [0.25, 0.3) is 11.1 Å². The highest BCUT2D eigenvalue weighted by molar-refractivity contribution is 14.1. The fourth-order valence-electron chi connectivity index (χ4n) is 3.58. The molecule has 0 spiro atoms. The largest absolute Gasteiger partial charge is 0.490 e. The van der Waals surface area contributed by atoms with Crippen LogP contribution in [0.1, 0.15) is 18.1 Å². The van der Waals surface area contributed by atoms with Gasteiger partial charge in [-0.3, -0.25) is 14.5 Å². The van der Waals surface area contributed by atoms with E-state index in [0.717, 1.165) is 31.8 Å². The van der Waals surface area contributed by atoms with Gasteiger partial charge in [0.1, 0.15) is 6.61 Å². The van der Waals surface area contributed by atoms with Crippen molar-refractivity contribution in [3.63, 3.8) is 0 Å². The van der Waals surface area contributed by atoms with Crippen LogP contribution in [0.4, 0.5) is 4.79 Å². The lowest BCUT2D eigenvalue weighted by Crippen LogP contribution is -2.27. The summed E-state index contributed by atoms with van der Waals surface area (Å²) in [7, 11) is 0. The van der Waals surface area contributed by atoms with E-state index in [4.69, 9.17) is 9.47 Å². The van der Waals surface area contributed by atoms with Crippen molar-refractivity contribution in [3.05, 3.63) is 86.9 Å². The van der Waals surface area contributed by atoms with Crippen molar-refractivity contribution in [2.45, 2.75) is 13.5 Å². The second-order valence-corrected chi connectivity index (χ2v) is 9.43. The number of hydrogen-bond acceptors (Lipinski definition) is 5. The van der Waals surface area contributed by atoms with Gasteiger partial charge in [-0.25, -0.2) is 0 Å². The third-order valence-corrected chi connectivity index (χ3v) is 6.78. The van der Waals surface area contributed by atoms with Gasteiger partial charge >= 0.3 is 0 Å². The molecule has 0 N–H and O–H groups in total. The first-order valence-corrected chi connectivity index (χ1v) is 12.3. The number of rotatable bonds is 8. The molecule has 0 unspecified atom stereocenters. The quantitative estimate of drug-likeness (QED) is 0.172. The molecule has 1 heterocycles. The number of halogens is 1. The lowest BCUT2D eigenvalue weighted by Gasteiger charge is -2.16. The van der Waals surface area contributed by atoms with E-state index in [1.807, 2.05) is 37.3 Å². The van der Waals surface area contributed by atoms with Crippen molar-refractivity contribution in [3.8, 4) is 11.5 Å². The molecule has 33 heavy (non-hydrogen) atoms. The summed E-state index contributed by atoms with van der Waals surface area (Å²) in [5.41, 5.74) is 1.86. The molecule has 0 bridgehead atoms. The average Bonchev–Trinajstić information content (AvgIpc) is 3.06. The summed E-state index contributed by atoms with van der Waals surface area (Å²) in [6.07, 6.45) is 3.25. The number of carbonyl (C=O) groups excluding carboxylic acids is 2. The molecule has 0 atom stereocenters. The minimum atomic E-state index is -0.311. The number of ether oxygens (including phenoxy) is 2. The number of carbonyl (C=O) groups is 2. The summed E-state index contributed by atoms with van der Waals surface area (Å²) in [5.74, 6) is 0.942. The van der Waals surface area contributed by atoms with E-state index in [1.165, 1.54) is 16.4 Å². The number of hydrogen-bond donors (Lipinski definition) is 0. The van der Waals surface area contributed by atoms with E-state index < -0.39 is 0 Å². The van der Waals surface area contributed by atoms with Crippen LogP contribution in [0.3, 0.4) is 0 Å². The second-order valence-electron chi connectivity index (χ2n) is 7.27. The number of benzene rings is 3. The summed E-state index contributed by atoms with van der Waals surface area (Å²) in [6.45, 7) is 6.59. The Kier molecular flexibility index (Phi) is 7.39. The maximum Gasteiger partial charge on any atom is 0.293 e. The number of fused-ring (bicyclic) bond motifs is 1. The van der Waals surface area contributed by atoms with Gasteiger partial charge < -0.3 is 9.47 Å². The summed E-state index contributed by atoms with van der Waals surface area (Å²) < 4.78 is 12.9. The van der Waals surface area contributed by atoms with E-state index in [0.29, 0.717) is 29.6 Å². The molecule has 0 aliphatic carbocycles. The van der Waals surface area contributed by atoms with E-state index in [2.05, 4.69) is 53.4 Å². The first-order chi connectivity index (χ1) is 16.0. The molecule has 0 radical (unpaired) electrons. The number of amides is 2. The average molecular weight is 571 g/mol. The van der Waals surface area contributed by atoms with Crippen molar-refractivity contribution >= 4 is 62.3 Å². The Morgan fingerprint density at radius 1 is 1.09 bits per heavy atom. The molecule has 0 saturated carbocycles. The van der Waals surface area contributed by atoms with Gasteiger partial charge in [0.05, 0.1) is 15.1 Å². The van der Waals surface area contributed by atoms with Gasteiger partial charge in [-0.2, -0.15) is 0 Å². The molecule has 0 aromatic heterocycles. The van der Waals surface area contributed by atoms with Crippen LogP contribution < -0.4 is 9.47 Å². The topological polar surface area (TPSA) is 55.8 Å². The van der Waals surface area contributed by atoms with Crippen LogP contribution in [0.25, 0.3) is 16.8 Å². The Morgan fingerprint density at radius 3 is 2.67 bits per heavy atom. The lowest BCUT2D eigenvalue weighted by atomic mass is 10.1. The molecule has 1 aliphatic heterocycles. The Labute approximate surface area is 210 Å². The molecule has 2 amide bonds. The number of thioether (sulfide) groups is 1. The highest BCUT2D eigenvalue weighted by Crippen LogP contribution is 2.38. The molecule has 7 heteroatoms. The Bertz CT molecular complexity index is 1270. The van der Waals surface area contributed by atoms with E-state index in [1.54, 1.807) is 6.08 Å². The third kappa shape index (κ3) is 5.09. The predicted octanol–water partition coefficient (Wildman–Crippen LogP) is 6.64. The molecule has 4 rings (SSSR count). The number of imide groups is 1. The Hall–Kier alpha value is -2.78. The molecule has 1 aliphatic rings. The van der Waals surface area contributed by atoms with Crippen LogP contribution in [0.5, 0.6) is 11.5 Å². The van der Waals surface area contributed by atoms with Gasteiger partial charge in [0.2, 0.25) is 0 Å². The van der Waals surface area contributed by atoms with Crippen LogP contribution in [0.15, 0.2) is 72.2 Å². The summed E-state index contributed by atoms with van der Waals surface area (Å²) in [5, 5.41) is 2.03. The van der Waals surface area contributed by atoms with Crippen molar-refractivity contribution in [1.29, 1.82) is 0 Å². The molecule has 3 aromatic rings. The fraction of sp³-hybridized carbons (Fsp3) is 0.154. The van der Waals surface area contributed by atoms with Crippen LogP contribution >= 0.6 is 34.4 Å². The van der Waals surface area contributed by atoms with Gasteiger partial charge in [-0.1, -0.05) is 48.5 Å². The van der Waals surface area contributed by atoms with Crippen molar-refractivity contribution in [1.82, 2.24) is 4.90 Å². The standard InChI is InChI=1S/C26H22INO4S/c1-3-12-28-25(29)23(33-26(28)30)15-17-13-21(27)24(22(14-17)31-4-2)32-16-19-10-7-9-18-8-5-6-11-20(18)19/h3,5-11,13-15H,1,4,12,16H2,2H3/b23-15+. The highest BCUT2D eigenvalue weighted by Gasteiger charge is 2.34. The van der Waals surface area contributed by atoms with Crippen LogP contribution in [0, 0.1) is 3.57 Å². The molecule has 3 aromatic carbocycles. The minimum Gasteiger partial charge on any atom is -0.490 e. The van der Waals surface area contributed by atoms with Gasteiger partial charge in [-0.15, -0.1) is 6.58 Å². The summed E-state index contributed by atoms with van der Waals surface area (Å²) in [4.78, 5) is 26.2. The minimum absolute atomic E-state index is 0.199. The first-order valence-electron chi connectivity index (χ1n) is 10.4. The molecule has 1 fully saturated rings. The smallest absolute Gasteiger partial charge is 0.293 e. The Balaban J connectivity index is 1.62. The van der Waals surface area contributed by atoms with Crippen molar-refractivity contribution in [2.75, 3.05) is 13.2 Å². The van der Waals surface area contributed by atoms with Gasteiger partial charge in [0.15, 0.2) is 11.5 Å². The lowest BCUT2D eigenvalue weighted by molar-refractivity contribution is -0.122. The zero-order valence-corrected chi connectivity index (χ0v) is 21.0. The second kappa shape index (κ2) is 10.4. The van der Waals surface area contributed by atoms with Crippen LogP contribution in [-0.4, -0.2) is 29.2 Å². The maximum absolute atomic E-state index is 12.5. The molecule has 168 valence electrons. The van der Waals surface area contributed by atoms with Crippen LogP contribution in [0.2, 0.25) is 0 Å². The van der Waals surface area contributed by atoms with Gasteiger partial charge in [-0.05, 0) is 81.4 Å². The summed E-state index contributed by atoms with van der Waals surface area (Å²) >= 11 is 3.14. The van der Waals surface area contributed by atoms with Crippen molar-refractivity contribution in [2.24, 2.45) is 0 Å². The normalized spacial score (nSPS) is 14.8.